The fourth-order valence-corrected chi connectivity index (χ4v) is 3.18. The predicted octanol–water partition coefficient (Wildman–Crippen LogP) is 2.11. The molecule has 0 radical (unpaired) electrons. The minimum absolute atomic E-state index is 0.0182. The van der Waals surface area contributed by atoms with Crippen molar-refractivity contribution in [2.24, 2.45) is 11.8 Å². The fraction of sp³-hybridized carbons (Fsp3) is 0.923. The number of ether oxygens (including phenoxy) is 1. The van der Waals surface area contributed by atoms with E-state index in [0.717, 1.165) is 25.3 Å². The van der Waals surface area contributed by atoms with Gasteiger partial charge in [0, 0.05) is 0 Å². The van der Waals surface area contributed by atoms with E-state index in [9.17, 15) is 4.79 Å². The Balaban J connectivity index is 1.85. The molecule has 4 atom stereocenters. The zero-order chi connectivity index (χ0) is 11.5. The van der Waals surface area contributed by atoms with Crippen LogP contribution in [0.5, 0.6) is 0 Å². The first-order valence-electron chi connectivity index (χ1n) is 6.66. The standard InChI is InChI=1S/C13H23NO2/c1-3-5-9(2)16-13(15)12-11-7-4-6-10(11)8-14-12/h9-12,14H,3-8H2,1-2H3. The lowest BCUT2D eigenvalue weighted by Crippen LogP contribution is -2.38. The molecule has 0 amide bonds. The maximum Gasteiger partial charge on any atom is 0.323 e. The van der Waals surface area contributed by atoms with Gasteiger partial charge in [-0.25, -0.2) is 0 Å². The van der Waals surface area contributed by atoms with Gasteiger partial charge in [0.15, 0.2) is 0 Å². The number of hydrogen-bond donors (Lipinski definition) is 1. The summed E-state index contributed by atoms with van der Waals surface area (Å²) in [4.78, 5) is 12.0. The molecule has 1 saturated carbocycles. The van der Waals surface area contributed by atoms with Gasteiger partial charge in [-0.05, 0) is 44.6 Å². The molecule has 2 aliphatic rings. The van der Waals surface area contributed by atoms with E-state index in [2.05, 4.69) is 12.2 Å². The summed E-state index contributed by atoms with van der Waals surface area (Å²) < 4.78 is 5.48. The van der Waals surface area contributed by atoms with Gasteiger partial charge in [-0.2, -0.15) is 0 Å². The second kappa shape index (κ2) is 5.17. The first kappa shape index (κ1) is 11.9. The molecule has 1 aliphatic carbocycles. The average Bonchev–Trinajstić information content (AvgIpc) is 2.77. The number of carbonyl (C=O) groups is 1. The molecule has 92 valence electrons. The molecule has 4 unspecified atom stereocenters. The number of nitrogens with one attached hydrogen (secondary N) is 1. The largest absolute Gasteiger partial charge is 0.462 e. The van der Waals surface area contributed by atoms with Crippen molar-refractivity contribution in [3.63, 3.8) is 0 Å². The molecular weight excluding hydrogens is 202 g/mol. The van der Waals surface area contributed by atoms with Crippen molar-refractivity contribution in [2.75, 3.05) is 6.54 Å². The van der Waals surface area contributed by atoms with Crippen molar-refractivity contribution in [3.8, 4) is 0 Å². The molecule has 0 spiro atoms. The highest BCUT2D eigenvalue weighted by Crippen LogP contribution is 2.38. The Bertz CT molecular complexity index is 254. The third kappa shape index (κ3) is 2.40. The van der Waals surface area contributed by atoms with Crippen molar-refractivity contribution >= 4 is 5.97 Å². The molecule has 3 nitrogen and oxygen atoms in total. The first-order chi connectivity index (χ1) is 7.72. The van der Waals surface area contributed by atoms with E-state index >= 15 is 0 Å². The Kier molecular flexibility index (Phi) is 3.85. The molecule has 1 aliphatic heterocycles. The Morgan fingerprint density at radius 1 is 1.50 bits per heavy atom. The second-order valence-corrected chi connectivity index (χ2v) is 5.28. The Morgan fingerprint density at radius 3 is 3.06 bits per heavy atom. The van der Waals surface area contributed by atoms with Crippen LogP contribution in [0, 0.1) is 11.8 Å². The topological polar surface area (TPSA) is 38.3 Å². The maximum absolute atomic E-state index is 12.0. The van der Waals surface area contributed by atoms with Gasteiger partial charge in [0.1, 0.15) is 6.04 Å². The molecule has 3 heteroatoms. The SMILES string of the molecule is CCCC(C)OC(=O)C1NCC2CCCC21. The van der Waals surface area contributed by atoms with Gasteiger partial charge in [0.25, 0.3) is 0 Å². The van der Waals surface area contributed by atoms with Crippen LogP contribution in [-0.2, 0) is 9.53 Å². The van der Waals surface area contributed by atoms with Gasteiger partial charge >= 0.3 is 5.97 Å². The van der Waals surface area contributed by atoms with Crippen molar-refractivity contribution < 1.29 is 9.53 Å². The molecule has 0 aromatic rings. The zero-order valence-electron chi connectivity index (χ0n) is 10.4. The summed E-state index contributed by atoms with van der Waals surface area (Å²) in [5.41, 5.74) is 0. The van der Waals surface area contributed by atoms with E-state index in [1.807, 2.05) is 6.92 Å². The van der Waals surface area contributed by atoms with Gasteiger partial charge in [0.05, 0.1) is 6.10 Å². The van der Waals surface area contributed by atoms with Crippen LogP contribution in [0.15, 0.2) is 0 Å². The number of carbonyl (C=O) groups excluding carboxylic acids is 1. The molecule has 0 aromatic heterocycles. The van der Waals surface area contributed by atoms with Crippen molar-refractivity contribution in [1.29, 1.82) is 0 Å². The first-order valence-corrected chi connectivity index (χ1v) is 6.66. The highest BCUT2D eigenvalue weighted by Gasteiger charge is 2.43. The monoisotopic (exact) mass is 225 g/mol. The summed E-state index contributed by atoms with van der Waals surface area (Å²) in [6.07, 6.45) is 5.86. The van der Waals surface area contributed by atoms with Crippen LogP contribution in [0.1, 0.15) is 46.0 Å². The number of esters is 1. The van der Waals surface area contributed by atoms with E-state index < -0.39 is 0 Å². The number of fused-ring (bicyclic) bond motifs is 1. The minimum atomic E-state index is -0.0215. The highest BCUT2D eigenvalue weighted by atomic mass is 16.5. The molecule has 0 aromatic carbocycles. The van der Waals surface area contributed by atoms with Crippen molar-refractivity contribution in [1.82, 2.24) is 5.32 Å². The molecule has 16 heavy (non-hydrogen) atoms. The normalized spacial score (nSPS) is 34.8. The fourth-order valence-electron chi connectivity index (χ4n) is 3.18. The Hall–Kier alpha value is -0.570. The summed E-state index contributed by atoms with van der Waals surface area (Å²) in [5, 5.41) is 3.33. The van der Waals surface area contributed by atoms with E-state index in [0.29, 0.717) is 5.92 Å². The second-order valence-electron chi connectivity index (χ2n) is 5.28. The molecule has 1 heterocycles. The van der Waals surface area contributed by atoms with Gasteiger partial charge in [-0.15, -0.1) is 0 Å². The molecular formula is C13H23NO2. The summed E-state index contributed by atoms with van der Waals surface area (Å²) in [6.45, 7) is 5.11. The van der Waals surface area contributed by atoms with E-state index in [4.69, 9.17) is 4.74 Å². The van der Waals surface area contributed by atoms with Crippen LogP contribution in [-0.4, -0.2) is 24.7 Å². The van der Waals surface area contributed by atoms with Gasteiger partial charge < -0.3 is 10.1 Å². The predicted molar refractivity (Wildman–Crippen MR) is 63.1 cm³/mol. The molecule has 1 saturated heterocycles. The lowest BCUT2D eigenvalue weighted by molar-refractivity contribution is -0.151. The lowest BCUT2D eigenvalue weighted by atomic mass is 9.94. The third-order valence-corrected chi connectivity index (χ3v) is 4.01. The number of rotatable bonds is 4. The highest BCUT2D eigenvalue weighted by molar-refractivity contribution is 5.77. The summed E-state index contributed by atoms with van der Waals surface area (Å²) >= 11 is 0. The quantitative estimate of drug-likeness (QED) is 0.745. The van der Waals surface area contributed by atoms with Gasteiger partial charge in [-0.3, -0.25) is 4.79 Å². The average molecular weight is 225 g/mol. The smallest absolute Gasteiger partial charge is 0.323 e. The van der Waals surface area contributed by atoms with Crippen LogP contribution in [0.4, 0.5) is 0 Å². The molecule has 1 N–H and O–H groups in total. The van der Waals surface area contributed by atoms with Crippen LogP contribution in [0.3, 0.4) is 0 Å². The molecule has 0 bridgehead atoms. The van der Waals surface area contributed by atoms with Crippen molar-refractivity contribution in [2.45, 2.75) is 58.1 Å². The molecule has 2 rings (SSSR count). The Labute approximate surface area is 97.9 Å². The summed E-state index contributed by atoms with van der Waals surface area (Å²) in [6, 6.07) is -0.0215. The van der Waals surface area contributed by atoms with Crippen LogP contribution >= 0.6 is 0 Å². The van der Waals surface area contributed by atoms with Crippen LogP contribution in [0.2, 0.25) is 0 Å². The van der Waals surface area contributed by atoms with Gasteiger partial charge in [0.2, 0.25) is 0 Å². The van der Waals surface area contributed by atoms with Crippen molar-refractivity contribution in [3.05, 3.63) is 0 Å². The Morgan fingerprint density at radius 2 is 2.31 bits per heavy atom. The van der Waals surface area contributed by atoms with Gasteiger partial charge in [-0.1, -0.05) is 19.8 Å². The van der Waals surface area contributed by atoms with E-state index in [1.54, 1.807) is 0 Å². The lowest BCUT2D eigenvalue weighted by Gasteiger charge is -2.20. The maximum atomic E-state index is 12.0. The molecule has 2 fully saturated rings. The zero-order valence-corrected chi connectivity index (χ0v) is 10.4. The van der Waals surface area contributed by atoms with Crippen LogP contribution in [0.25, 0.3) is 0 Å². The van der Waals surface area contributed by atoms with Crippen LogP contribution < -0.4 is 5.32 Å². The summed E-state index contributed by atoms with van der Waals surface area (Å²) in [5.74, 6) is 1.25. The number of hydrogen-bond acceptors (Lipinski definition) is 3. The summed E-state index contributed by atoms with van der Waals surface area (Å²) in [7, 11) is 0. The third-order valence-electron chi connectivity index (χ3n) is 4.01. The minimum Gasteiger partial charge on any atom is -0.462 e. The van der Waals surface area contributed by atoms with E-state index in [1.165, 1.54) is 19.3 Å². The van der Waals surface area contributed by atoms with E-state index in [-0.39, 0.29) is 18.1 Å².